The standard InChI is InChI=1S/C26H24N4O4/c1-29-23-12-9-20(24(31)28-17-19-7-10-21(34-2)11-8-19)15-22(23)25(32)30(26(29)33)14-4-6-18-5-3-13-27-16-18/h3-13,15-16H,14,17H2,1-2H3,(H,28,31). The summed E-state index contributed by atoms with van der Waals surface area (Å²) in [4.78, 5) is 42.7. The van der Waals surface area contributed by atoms with E-state index in [9.17, 15) is 14.4 Å². The summed E-state index contributed by atoms with van der Waals surface area (Å²) >= 11 is 0. The highest BCUT2D eigenvalue weighted by molar-refractivity contribution is 5.97. The lowest BCUT2D eigenvalue weighted by atomic mass is 10.1. The number of aryl methyl sites for hydroxylation is 1. The molecule has 0 aliphatic rings. The third-order valence-corrected chi connectivity index (χ3v) is 5.51. The maximum atomic E-state index is 13.1. The quantitative estimate of drug-likeness (QED) is 0.461. The van der Waals surface area contributed by atoms with Gasteiger partial charge in [-0.05, 0) is 47.5 Å². The summed E-state index contributed by atoms with van der Waals surface area (Å²) in [6.45, 7) is 0.432. The normalized spacial score (nSPS) is 11.1. The number of aromatic nitrogens is 3. The van der Waals surface area contributed by atoms with E-state index < -0.39 is 11.2 Å². The third-order valence-electron chi connectivity index (χ3n) is 5.51. The van der Waals surface area contributed by atoms with Crippen molar-refractivity contribution in [3.63, 3.8) is 0 Å². The number of allylic oxidation sites excluding steroid dienone is 1. The first-order chi connectivity index (χ1) is 16.5. The fourth-order valence-corrected chi connectivity index (χ4v) is 3.61. The van der Waals surface area contributed by atoms with Crippen molar-refractivity contribution in [1.29, 1.82) is 0 Å². The number of amides is 1. The number of fused-ring (bicyclic) bond motifs is 1. The number of rotatable bonds is 7. The number of methoxy groups -OCH3 is 1. The van der Waals surface area contributed by atoms with Gasteiger partial charge in [-0.2, -0.15) is 0 Å². The summed E-state index contributed by atoms with van der Waals surface area (Å²) in [5.41, 5.74) is 1.72. The van der Waals surface area contributed by atoms with Crippen molar-refractivity contribution in [3.8, 4) is 5.75 Å². The van der Waals surface area contributed by atoms with Crippen molar-refractivity contribution in [3.05, 3.63) is 111 Å². The van der Waals surface area contributed by atoms with Crippen LogP contribution in [-0.4, -0.2) is 27.1 Å². The maximum Gasteiger partial charge on any atom is 0.331 e. The van der Waals surface area contributed by atoms with Crippen LogP contribution < -0.4 is 21.3 Å². The van der Waals surface area contributed by atoms with Crippen LogP contribution in [0.15, 0.2) is 82.7 Å². The van der Waals surface area contributed by atoms with Crippen molar-refractivity contribution >= 4 is 22.9 Å². The zero-order chi connectivity index (χ0) is 24.1. The average Bonchev–Trinajstić information content (AvgIpc) is 2.88. The van der Waals surface area contributed by atoms with Gasteiger partial charge in [0.15, 0.2) is 0 Å². The Morgan fingerprint density at radius 2 is 1.91 bits per heavy atom. The number of benzene rings is 2. The second kappa shape index (κ2) is 9.99. The molecule has 0 bridgehead atoms. The van der Waals surface area contributed by atoms with Crippen LogP contribution in [-0.2, 0) is 20.1 Å². The van der Waals surface area contributed by atoms with E-state index in [1.54, 1.807) is 50.8 Å². The summed E-state index contributed by atoms with van der Waals surface area (Å²) in [6, 6.07) is 15.8. The Balaban J connectivity index is 1.59. The molecular weight excluding hydrogens is 432 g/mol. The van der Waals surface area contributed by atoms with Crippen molar-refractivity contribution in [2.75, 3.05) is 7.11 Å². The van der Waals surface area contributed by atoms with Crippen LogP contribution in [0.2, 0.25) is 0 Å². The molecule has 0 atom stereocenters. The van der Waals surface area contributed by atoms with Gasteiger partial charge in [-0.25, -0.2) is 4.79 Å². The van der Waals surface area contributed by atoms with Gasteiger partial charge >= 0.3 is 5.69 Å². The van der Waals surface area contributed by atoms with Gasteiger partial charge in [-0.15, -0.1) is 0 Å². The number of nitrogens with zero attached hydrogens (tertiary/aromatic N) is 3. The molecule has 2 aromatic carbocycles. The van der Waals surface area contributed by atoms with Crippen LogP contribution >= 0.6 is 0 Å². The van der Waals surface area contributed by atoms with Crippen LogP contribution in [0.1, 0.15) is 21.5 Å². The second-order valence-corrected chi connectivity index (χ2v) is 7.71. The smallest absolute Gasteiger partial charge is 0.331 e. The Kier molecular flexibility index (Phi) is 6.68. The Morgan fingerprint density at radius 3 is 2.62 bits per heavy atom. The van der Waals surface area contributed by atoms with E-state index in [1.165, 1.54) is 10.6 Å². The van der Waals surface area contributed by atoms with E-state index in [1.807, 2.05) is 36.4 Å². The molecule has 4 rings (SSSR count). The first-order valence-electron chi connectivity index (χ1n) is 10.7. The van der Waals surface area contributed by atoms with Crippen molar-refractivity contribution in [1.82, 2.24) is 19.4 Å². The molecule has 172 valence electrons. The van der Waals surface area contributed by atoms with Crippen LogP contribution in [0, 0.1) is 0 Å². The Bertz CT molecular complexity index is 1470. The summed E-state index contributed by atoms with van der Waals surface area (Å²) in [7, 11) is 3.20. The maximum absolute atomic E-state index is 13.1. The molecule has 1 amide bonds. The molecule has 0 saturated heterocycles. The first kappa shape index (κ1) is 22.7. The lowest BCUT2D eigenvalue weighted by Crippen LogP contribution is -2.38. The molecule has 0 aliphatic carbocycles. The van der Waals surface area contributed by atoms with E-state index in [0.29, 0.717) is 23.0 Å². The third kappa shape index (κ3) is 4.80. The highest BCUT2D eigenvalue weighted by Gasteiger charge is 2.13. The van der Waals surface area contributed by atoms with Crippen molar-refractivity contribution in [2.45, 2.75) is 13.1 Å². The largest absolute Gasteiger partial charge is 0.497 e. The van der Waals surface area contributed by atoms with Crippen LogP contribution in [0.5, 0.6) is 5.75 Å². The molecule has 0 aliphatic heterocycles. The zero-order valence-corrected chi connectivity index (χ0v) is 18.9. The molecule has 0 radical (unpaired) electrons. The minimum atomic E-state index is -0.446. The Labute approximate surface area is 195 Å². The topological polar surface area (TPSA) is 95.2 Å². The number of carbonyl (C=O) groups is 1. The fourth-order valence-electron chi connectivity index (χ4n) is 3.61. The Morgan fingerprint density at radius 1 is 1.12 bits per heavy atom. The number of ether oxygens (including phenoxy) is 1. The van der Waals surface area contributed by atoms with Gasteiger partial charge in [0.05, 0.1) is 18.0 Å². The molecule has 0 spiro atoms. The fraction of sp³-hybridized carbons (Fsp3) is 0.154. The second-order valence-electron chi connectivity index (χ2n) is 7.71. The van der Waals surface area contributed by atoms with E-state index in [-0.39, 0.29) is 12.5 Å². The lowest BCUT2D eigenvalue weighted by molar-refractivity contribution is 0.0951. The highest BCUT2D eigenvalue weighted by Crippen LogP contribution is 2.13. The monoisotopic (exact) mass is 456 g/mol. The minimum Gasteiger partial charge on any atom is -0.497 e. The number of hydrogen-bond acceptors (Lipinski definition) is 5. The van der Waals surface area contributed by atoms with Gasteiger partial charge in [0.25, 0.3) is 11.5 Å². The van der Waals surface area contributed by atoms with Gasteiger partial charge < -0.3 is 10.1 Å². The number of hydrogen-bond donors (Lipinski definition) is 1. The van der Waals surface area contributed by atoms with Gasteiger partial charge in [0, 0.05) is 38.1 Å². The van der Waals surface area contributed by atoms with Gasteiger partial charge in [-0.3, -0.25) is 23.7 Å². The molecule has 0 unspecified atom stereocenters. The molecule has 2 heterocycles. The van der Waals surface area contributed by atoms with E-state index in [4.69, 9.17) is 4.74 Å². The molecular formula is C26H24N4O4. The molecule has 8 heteroatoms. The van der Waals surface area contributed by atoms with E-state index in [0.717, 1.165) is 21.4 Å². The number of carbonyl (C=O) groups excluding carboxylic acids is 1. The molecule has 1 N–H and O–H groups in total. The van der Waals surface area contributed by atoms with Gasteiger partial charge in [0.1, 0.15) is 5.75 Å². The SMILES string of the molecule is COc1ccc(CNC(=O)c2ccc3c(c2)c(=O)n(CC=Cc2cccnc2)c(=O)n3C)cc1. The molecule has 2 aromatic heterocycles. The van der Waals surface area contributed by atoms with Gasteiger partial charge in [-0.1, -0.05) is 30.4 Å². The lowest BCUT2D eigenvalue weighted by Gasteiger charge is -2.11. The molecule has 0 saturated carbocycles. The number of nitrogens with one attached hydrogen (secondary N) is 1. The van der Waals surface area contributed by atoms with Crippen molar-refractivity contribution < 1.29 is 9.53 Å². The number of pyridine rings is 1. The van der Waals surface area contributed by atoms with Crippen LogP contribution in [0.25, 0.3) is 17.0 Å². The zero-order valence-electron chi connectivity index (χ0n) is 18.9. The highest BCUT2D eigenvalue weighted by atomic mass is 16.5. The van der Waals surface area contributed by atoms with E-state index in [2.05, 4.69) is 10.3 Å². The van der Waals surface area contributed by atoms with Crippen LogP contribution in [0.4, 0.5) is 0 Å². The average molecular weight is 457 g/mol. The summed E-state index contributed by atoms with van der Waals surface area (Å²) in [6.07, 6.45) is 6.89. The predicted octanol–water partition coefficient (Wildman–Crippen LogP) is 2.75. The Hall–Kier alpha value is -4.46. The molecule has 8 nitrogen and oxygen atoms in total. The predicted molar refractivity (Wildman–Crippen MR) is 131 cm³/mol. The van der Waals surface area contributed by atoms with Crippen molar-refractivity contribution in [2.24, 2.45) is 7.05 Å². The van der Waals surface area contributed by atoms with E-state index >= 15 is 0 Å². The minimum absolute atomic E-state index is 0.101. The first-order valence-corrected chi connectivity index (χ1v) is 10.7. The molecule has 34 heavy (non-hydrogen) atoms. The molecule has 4 aromatic rings. The van der Waals surface area contributed by atoms with Gasteiger partial charge in [0.2, 0.25) is 0 Å². The molecule has 0 fully saturated rings. The summed E-state index contributed by atoms with van der Waals surface area (Å²) < 4.78 is 7.70. The summed E-state index contributed by atoms with van der Waals surface area (Å²) in [5, 5.41) is 3.16. The van der Waals surface area contributed by atoms with Crippen LogP contribution in [0.3, 0.4) is 0 Å². The summed E-state index contributed by atoms with van der Waals surface area (Å²) in [5.74, 6) is 0.427.